The maximum atomic E-state index is 13.7. The van der Waals surface area contributed by atoms with E-state index in [1.807, 2.05) is 13.0 Å². The molecule has 0 aliphatic heterocycles. The Bertz CT molecular complexity index is 525. The fraction of sp³-hybridized carbons (Fsp3) is 0.143. The molecular weight excluding hydrogens is 239 g/mol. The third-order valence-electron chi connectivity index (χ3n) is 2.33. The molecule has 0 saturated carbocycles. The molecular formula is C14H11ClFO. The van der Waals surface area contributed by atoms with Gasteiger partial charge in [0, 0.05) is 16.7 Å². The van der Waals surface area contributed by atoms with Crippen LogP contribution in [0.15, 0.2) is 36.4 Å². The number of ether oxygens (including phenoxy) is 1. The molecule has 0 fully saturated rings. The summed E-state index contributed by atoms with van der Waals surface area (Å²) in [5.74, 6) is -0.106. The second-order valence-electron chi connectivity index (χ2n) is 3.47. The largest absolute Gasteiger partial charge is 0.490 e. The topological polar surface area (TPSA) is 9.23 Å². The molecule has 0 aromatic heterocycles. The van der Waals surface area contributed by atoms with Gasteiger partial charge in [-0.1, -0.05) is 35.9 Å². The Morgan fingerprint density at radius 1 is 1.35 bits per heavy atom. The van der Waals surface area contributed by atoms with Crippen LogP contribution in [0.3, 0.4) is 0 Å². The second kappa shape index (κ2) is 5.19. The summed E-state index contributed by atoms with van der Waals surface area (Å²) in [4.78, 5) is 0. The zero-order chi connectivity index (χ0) is 12.3. The van der Waals surface area contributed by atoms with E-state index in [1.165, 1.54) is 6.07 Å². The molecule has 2 aromatic rings. The van der Waals surface area contributed by atoms with Gasteiger partial charge in [0.05, 0.1) is 6.61 Å². The van der Waals surface area contributed by atoms with Crippen LogP contribution in [-0.4, -0.2) is 6.61 Å². The molecule has 0 saturated heterocycles. The van der Waals surface area contributed by atoms with Crippen LogP contribution < -0.4 is 4.74 Å². The van der Waals surface area contributed by atoms with Crippen LogP contribution in [-0.2, 0) is 0 Å². The van der Waals surface area contributed by atoms with E-state index >= 15 is 0 Å². The van der Waals surface area contributed by atoms with Gasteiger partial charge in [0.25, 0.3) is 0 Å². The summed E-state index contributed by atoms with van der Waals surface area (Å²) in [6, 6.07) is 12.9. The molecule has 0 amide bonds. The number of halogens is 2. The van der Waals surface area contributed by atoms with Crippen LogP contribution in [0, 0.1) is 11.9 Å². The Balaban J connectivity index is 2.54. The van der Waals surface area contributed by atoms with E-state index in [0.29, 0.717) is 17.2 Å². The standard InChI is InChI=1S/C14H11ClFO/c1-2-17-14-12(7-4-8-13(14)16)10-5-3-6-11(15)9-10/h3-5,7-9H,2H2,1H3. The van der Waals surface area contributed by atoms with Crippen molar-refractivity contribution in [2.24, 2.45) is 0 Å². The minimum Gasteiger partial charge on any atom is -0.490 e. The molecule has 0 atom stereocenters. The molecule has 2 rings (SSSR count). The van der Waals surface area contributed by atoms with E-state index in [1.54, 1.807) is 24.3 Å². The van der Waals surface area contributed by atoms with Gasteiger partial charge in [-0.05, 0) is 24.6 Å². The number of hydrogen-bond donors (Lipinski definition) is 0. The van der Waals surface area contributed by atoms with Crippen molar-refractivity contribution in [3.8, 4) is 16.9 Å². The summed E-state index contributed by atoms with van der Waals surface area (Å²) in [5, 5.41) is 0.495. The van der Waals surface area contributed by atoms with E-state index in [-0.39, 0.29) is 11.6 Å². The first-order valence-electron chi connectivity index (χ1n) is 5.31. The minimum absolute atomic E-state index is 0.261. The van der Waals surface area contributed by atoms with E-state index < -0.39 is 0 Å². The highest BCUT2D eigenvalue weighted by Gasteiger charge is 2.11. The predicted molar refractivity (Wildman–Crippen MR) is 66.9 cm³/mol. The van der Waals surface area contributed by atoms with E-state index in [9.17, 15) is 4.39 Å². The molecule has 17 heavy (non-hydrogen) atoms. The Kier molecular flexibility index (Phi) is 3.64. The number of hydrogen-bond acceptors (Lipinski definition) is 1. The zero-order valence-electron chi connectivity index (χ0n) is 9.34. The van der Waals surface area contributed by atoms with Crippen LogP contribution in [0.5, 0.6) is 5.75 Å². The molecule has 1 radical (unpaired) electrons. The maximum absolute atomic E-state index is 13.7. The summed E-state index contributed by atoms with van der Waals surface area (Å²) in [7, 11) is 0. The Morgan fingerprint density at radius 3 is 2.88 bits per heavy atom. The van der Waals surface area contributed by atoms with E-state index in [2.05, 4.69) is 6.07 Å². The molecule has 87 valence electrons. The van der Waals surface area contributed by atoms with Gasteiger partial charge in [0.2, 0.25) is 0 Å². The molecule has 0 unspecified atom stereocenters. The molecule has 0 aliphatic carbocycles. The van der Waals surface area contributed by atoms with Crippen molar-refractivity contribution in [1.82, 2.24) is 0 Å². The Labute approximate surface area is 105 Å². The van der Waals surface area contributed by atoms with Crippen molar-refractivity contribution in [2.75, 3.05) is 6.61 Å². The third-order valence-corrected chi connectivity index (χ3v) is 2.55. The fourth-order valence-electron chi connectivity index (χ4n) is 1.63. The van der Waals surface area contributed by atoms with E-state index in [0.717, 1.165) is 5.56 Å². The molecule has 0 bridgehead atoms. The van der Waals surface area contributed by atoms with Crippen LogP contribution in [0.4, 0.5) is 4.39 Å². The first-order chi connectivity index (χ1) is 8.22. The predicted octanol–water partition coefficient (Wildman–Crippen LogP) is 4.34. The Hall–Kier alpha value is -1.54. The zero-order valence-corrected chi connectivity index (χ0v) is 10.1. The van der Waals surface area contributed by atoms with Crippen molar-refractivity contribution in [1.29, 1.82) is 0 Å². The number of benzene rings is 2. The van der Waals surface area contributed by atoms with Crippen molar-refractivity contribution in [3.05, 3.63) is 53.3 Å². The number of para-hydroxylation sites is 1. The van der Waals surface area contributed by atoms with Crippen LogP contribution in [0.1, 0.15) is 6.92 Å². The second-order valence-corrected chi connectivity index (χ2v) is 3.88. The smallest absolute Gasteiger partial charge is 0.165 e. The molecule has 0 aliphatic rings. The number of rotatable bonds is 3. The highest BCUT2D eigenvalue weighted by atomic mass is 35.5. The van der Waals surface area contributed by atoms with Crippen molar-refractivity contribution in [3.63, 3.8) is 0 Å². The molecule has 2 aromatic carbocycles. The lowest BCUT2D eigenvalue weighted by Crippen LogP contribution is -1.97. The first kappa shape index (κ1) is 11.9. The minimum atomic E-state index is -0.367. The summed E-state index contributed by atoms with van der Waals surface area (Å²) < 4.78 is 19.0. The van der Waals surface area contributed by atoms with Gasteiger partial charge in [-0.25, -0.2) is 4.39 Å². The molecule has 3 heteroatoms. The Morgan fingerprint density at radius 2 is 2.18 bits per heavy atom. The van der Waals surface area contributed by atoms with Crippen LogP contribution >= 0.6 is 11.6 Å². The lowest BCUT2D eigenvalue weighted by Gasteiger charge is -2.11. The molecule has 0 spiro atoms. The lowest BCUT2D eigenvalue weighted by molar-refractivity contribution is 0.323. The highest BCUT2D eigenvalue weighted by molar-refractivity contribution is 6.30. The van der Waals surface area contributed by atoms with Gasteiger partial charge in [-0.3, -0.25) is 0 Å². The summed E-state index contributed by atoms with van der Waals surface area (Å²) in [6.45, 7) is 2.24. The van der Waals surface area contributed by atoms with Gasteiger partial charge in [-0.15, -0.1) is 0 Å². The van der Waals surface area contributed by atoms with Crippen molar-refractivity contribution in [2.45, 2.75) is 6.92 Å². The molecule has 0 N–H and O–H groups in total. The van der Waals surface area contributed by atoms with Crippen molar-refractivity contribution < 1.29 is 9.13 Å². The monoisotopic (exact) mass is 249 g/mol. The van der Waals surface area contributed by atoms with E-state index in [4.69, 9.17) is 16.3 Å². The van der Waals surface area contributed by atoms with Crippen LogP contribution in [0.2, 0.25) is 5.02 Å². The summed E-state index contributed by atoms with van der Waals surface area (Å²) in [5.41, 5.74) is 1.51. The van der Waals surface area contributed by atoms with Crippen molar-refractivity contribution >= 4 is 11.6 Å². The van der Waals surface area contributed by atoms with Gasteiger partial charge in [0.1, 0.15) is 0 Å². The summed E-state index contributed by atoms with van der Waals surface area (Å²) >= 11 is 5.87. The lowest BCUT2D eigenvalue weighted by atomic mass is 10.0. The maximum Gasteiger partial charge on any atom is 0.165 e. The average Bonchev–Trinajstić information content (AvgIpc) is 2.32. The van der Waals surface area contributed by atoms with Gasteiger partial charge in [-0.2, -0.15) is 0 Å². The molecule has 1 nitrogen and oxygen atoms in total. The van der Waals surface area contributed by atoms with Gasteiger partial charge < -0.3 is 4.74 Å². The fourth-order valence-corrected chi connectivity index (χ4v) is 1.81. The highest BCUT2D eigenvalue weighted by Crippen LogP contribution is 2.33. The quantitative estimate of drug-likeness (QED) is 0.786. The summed E-state index contributed by atoms with van der Waals surface area (Å²) in [6.07, 6.45) is 0. The first-order valence-corrected chi connectivity index (χ1v) is 5.69. The third kappa shape index (κ3) is 2.59. The molecule has 0 heterocycles. The van der Waals surface area contributed by atoms with Gasteiger partial charge in [0.15, 0.2) is 11.6 Å². The van der Waals surface area contributed by atoms with Crippen LogP contribution in [0.25, 0.3) is 11.1 Å². The average molecular weight is 250 g/mol. The van der Waals surface area contributed by atoms with Gasteiger partial charge >= 0.3 is 0 Å². The SMILES string of the molecule is CCOc1c(F)cccc1-c1cc[c]c(Cl)c1. The normalized spacial score (nSPS) is 10.3.